The van der Waals surface area contributed by atoms with E-state index in [4.69, 9.17) is 5.10 Å². The van der Waals surface area contributed by atoms with Crippen molar-refractivity contribution in [2.45, 2.75) is 53.0 Å². The van der Waals surface area contributed by atoms with E-state index in [1.54, 1.807) is 15.3 Å². The molecule has 1 unspecified atom stereocenters. The lowest BCUT2D eigenvalue weighted by atomic mass is 10.0. The van der Waals surface area contributed by atoms with Gasteiger partial charge in [-0.1, -0.05) is 57.2 Å². The van der Waals surface area contributed by atoms with Crippen molar-refractivity contribution in [1.29, 1.82) is 0 Å². The predicted octanol–water partition coefficient (Wildman–Crippen LogP) is 5.52. The molecule has 0 bridgehead atoms. The van der Waals surface area contributed by atoms with Crippen LogP contribution < -0.4 is 10.9 Å². The standard InChI is InChI=1S/C27H30N4O2/c1-6-23(26(33)28-22-15-11-10-14-21(22)17(2)3)30-24(32)16-18(4)25-19(5)29-31(27(25)30)20-12-8-7-9-13-20/h7-17,23H,6H2,1-5H3,(H,28,33). The Kier molecular flexibility index (Phi) is 6.18. The second-order valence-corrected chi connectivity index (χ2v) is 8.72. The van der Waals surface area contributed by atoms with Gasteiger partial charge in [0.25, 0.3) is 5.56 Å². The Bertz CT molecular complexity index is 1370. The molecule has 0 radical (unpaired) electrons. The molecule has 0 saturated carbocycles. The van der Waals surface area contributed by atoms with E-state index in [0.29, 0.717) is 12.1 Å². The number of carbonyl (C=O) groups excluding carboxylic acids is 1. The Morgan fingerprint density at radius 3 is 2.36 bits per heavy atom. The minimum Gasteiger partial charge on any atom is -0.324 e. The smallest absolute Gasteiger partial charge is 0.253 e. The molecule has 1 amide bonds. The van der Waals surface area contributed by atoms with Crippen molar-refractivity contribution in [3.63, 3.8) is 0 Å². The first-order valence-corrected chi connectivity index (χ1v) is 11.4. The topological polar surface area (TPSA) is 68.9 Å². The Balaban J connectivity index is 1.89. The number of carbonyl (C=O) groups is 1. The highest BCUT2D eigenvalue weighted by atomic mass is 16.2. The minimum absolute atomic E-state index is 0.212. The molecule has 33 heavy (non-hydrogen) atoms. The van der Waals surface area contributed by atoms with E-state index in [0.717, 1.165) is 33.6 Å². The van der Waals surface area contributed by atoms with Crippen molar-refractivity contribution in [3.8, 4) is 5.69 Å². The van der Waals surface area contributed by atoms with Gasteiger partial charge in [-0.05, 0) is 55.5 Å². The van der Waals surface area contributed by atoms with Gasteiger partial charge in [-0.15, -0.1) is 0 Å². The van der Waals surface area contributed by atoms with E-state index < -0.39 is 6.04 Å². The van der Waals surface area contributed by atoms with Crippen LogP contribution in [0.1, 0.15) is 56.0 Å². The van der Waals surface area contributed by atoms with Gasteiger partial charge in [-0.3, -0.25) is 14.2 Å². The van der Waals surface area contributed by atoms with Crippen molar-refractivity contribution in [2.24, 2.45) is 0 Å². The van der Waals surface area contributed by atoms with Crippen molar-refractivity contribution < 1.29 is 4.79 Å². The van der Waals surface area contributed by atoms with Gasteiger partial charge in [0.1, 0.15) is 11.7 Å². The maximum Gasteiger partial charge on any atom is 0.253 e. The van der Waals surface area contributed by atoms with Crippen molar-refractivity contribution >= 4 is 22.6 Å². The number of anilines is 1. The second-order valence-electron chi connectivity index (χ2n) is 8.72. The van der Waals surface area contributed by atoms with Gasteiger partial charge >= 0.3 is 0 Å². The number of amides is 1. The number of nitrogens with one attached hydrogen (secondary N) is 1. The number of nitrogens with zero attached hydrogens (tertiary/aromatic N) is 3. The molecule has 170 valence electrons. The third-order valence-electron chi connectivity index (χ3n) is 6.08. The molecule has 0 spiro atoms. The second kappa shape index (κ2) is 9.06. The molecule has 2 heterocycles. The average Bonchev–Trinajstić information content (AvgIpc) is 3.14. The van der Waals surface area contributed by atoms with Gasteiger partial charge in [0.2, 0.25) is 5.91 Å². The number of para-hydroxylation sites is 2. The van der Waals surface area contributed by atoms with Crippen LogP contribution in [0.3, 0.4) is 0 Å². The molecule has 2 aromatic carbocycles. The Hall–Kier alpha value is -3.67. The first kappa shape index (κ1) is 22.5. The number of aryl methyl sites for hydroxylation is 2. The molecule has 0 saturated heterocycles. The van der Waals surface area contributed by atoms with Gasteiger partial charge in [0.05, 0.1) is 11.4 Å². The normalized spacial score (nSPS) is 12.3. The van der Waals surface area contributed by atoms with Gasteiger partial charge in [0.15, 0.2) is 0 Å². The van der Waals surface area contributed by atoms with Crippen LogP contribution in [0.4, 0.5) is 5.69 Å². The summed E-state index contributed by atoms with van der Waals surface area (Å²) in [6.45, 7) is 9.96. The van der Waals surface area contributed by atoms with Gasteiger partial charge in [-0.2, -0.15) is 5.10 Å². The zero-order valence-electron chi connectivity index (χ0n) is 19.8. The lowest BCUT2D eigenvalue weighted by Gasteiger charge is -2.22. The highest BCUT2D eigenvalue weighted by Crippen LogP contribution is 2.29. The minimum atomic E-state index is -0.681. The van der Waals surface area contributed by atoms with E-state index in [9.17, 15) is 9.59 Å². The molecule has 4 rings (SSSR count). The van der Waals surface area contributed by atoms with E-state index in [1.807, 2.05) is 75.4 Å². The van der Waals surface area contributed by atoms with Gasteiger partial charge < -0.3 is 5.32 Å². The molecule has 1 N–H and O–H groups in total. The summed E-state index contributed by atoms with van der Waals surface area (Å²) in [6, 6.07) is 18.4. The summed E-state index contributed by atoms with van der Waals surface area (Å²) >= 11 is 0. The fourth-order valence-corrected chi connectivity index (χ4v) is 4.50. The number of pyridine rings is 1. The average molecular weight is 443 g/mol. The molecule has 2 aromatic heterocycles. The number of hydrogen-bond donors (Lipinski definition) is 1. The van der Waals surface area contributed by atoms with Crippen LogP contribution in [-0.2, 0) is 4.79 Å². The SMILES string of the molecule is CCC(C(=O)Nc1ccccc1C(C)C)n1c(=O)cc(C)c2c(C)nn(-c3ccccc3)c21. The molecule has 0 fully saturated rings. The van der Waals surface area contributed by atoms with Crippen LogP contribution in [0.2, 0.25) is 0 Å². The quantitative estimate of drug-likeness (QED) is 0.428. The van der Waals surface area contributed by atoms with Crippen LogP contribution in [0, 0.1) is 13.8 Å². The van der Waals surface area contributed by atoms with Crippen molar-refractivity contribution in [1.82, 2.24) is 14.3 Å². The van der Waals surface area contributed by atoms with Crippen LogP contribution >= 0.6 is 0 Å². The molecule has 0 aliphatic rings. The Morgan fingerprint density at radius 2 is 1.70 bits per heavy atom. The molecule has 0 aliphatic heterocycles. The fraction of sp³-hybridized carbons (Fsp3) is 0.296. The molecular weight excluding hydrogens is 412 g/mol. The molecule has 6 heteroatoms. The van der Waals surface area contributed by atoms with Crippen molar-refractivity contribution in [2.75, 3.05) is 5.32 Å². The Labute approximate surface area is 193 Å². The zero-order valence-corrected chi connectivity index (χ0v) is 19.8. The van der Waals surface area contributed by atoms with Crippen molar-refractivity contribution in [3.05, 3.63) is 87.8 Å². The van der Waals surface area contributed by atoms with Crippen LogP contribution in [0.5, 0.6) is 0 Å². The first-order valence-electron chi connectivity index (χ1n) is 11.4. The molecule has 0 aliphatic carbocycles. The Morgan fingerprint density at radius 1 is 1.03 bits per heavy atom. The number of aromatic nitrogens is 3. The summed E-state index contributed by atoms with van der Waals surface area (Å²) < 4.78 is 3.37. The maximum absolute atomic E-state index is 13.6. The summed E-state index contributed by atoms with van der Waals surface area (Å²) in [5.74, 6) is 0.0499. The summed E-state index contributed by atoms with van der Waals surface area (Å²) in [5, 5.41) is 8.73. The van der Waals surface area contributed by atoms with Gasteiger partial charge in [-0.25, -0.2) is 4.68 Å². The van der Waals surface area contributed by atoms with Gasteiger partial charge in [0, 0.05) is 17.1 Å². The summed E-state index contributed by atoms with van der Waals surface area (Å²) in [4.78, 5) is 26.9. The summed E-state index contributed by atoms with van der Waals surface area (Å²) in [6.07, 6.45) is 0.465. The third-order valence-corrected chi connectivity index (χ3v) is 6.08. The zero-order chi connectivity index (χ0) is 23.7. The molecule has 1 atom stereocenters. The van der Waals surface area contributed by atoms with E-state index in [2.05, 4.69) is 19.2 Å². The monoisotopic (exact) mass is 442 g/mol. The summed E-state index contributed by atoms with van der Waals surface area (Å²) in [5.41, 5.74) is 4.79. The fourth-order valence-electron chi connectivity index (χ4n) is 4.50. The molecule has 6 nitrogen and oxygen atoms in total. The van der Waals surface area contributed by atoms with Crippen LogP contribution in [-0.4, -0.2) is 20.3 Å². The number of benzene rings is 2. The predicted molar refractivity (Wildman–Crippen MR) is 133 cm³/mol. The van der Waals surface area contributed by atoms with E-state index in [-0.39, 0.29) is 17.4 Å². The lowest BCUT2D eigenvalue weighted by molar-refractivity contribution is -0.119. The number of fused-ring (bicyclic) bond motifs is 1. The first-order chi connectivity index (χ1) is 15.8. The number of hydrogen-bond acceptors (Lipinski definition) is 3. The van der Waals surface area contributed by atoms with Crippen LogP contribution in [0.15, 0.2) is 65.5 Å². The molecule has 4 aromatic rings. The summed E-state index contributed by atoms with van der Waals surface area (Å²) in [7, 11) is 0. The number of rotatable bonds is 6. The highest BCUT2D eigenvalue weighted by molar-refractivity contribution is 5.96. The van der Waals surface area contributed by atoms with E-state index >= 15 is 0 Å². The third kappa shape index (κ3) is 4.09. The molecular formula is C27H30N4O2. The van der Waals surface area contributed by atoms with E-state index in [1.165, 1.54) is 0 Å². The highest BCUT2D eigenvalue weighted by Gasteiger charge is 2.26. The largest absolute Gasteiger partial charge is 0.324 e. The lowest BCUT2D eigenvalue weighted by Crippen LogP contribution is -2.34. The van der Waals surface area contributed by atoms with Crippen LogP contribution in [0.25, 0.3) is 16.7 Å². The maximum atomic E-state index is 13.6.